The summed E-state index contributed by atoms with van der Waals surface area (Å²) in [6.45, 7) is 6.37. The van der Waals surface area contributed by atoms with E-state index in [0.717, 1.165) is 17.0 Å². The van der Waals surface area contributed by atoms with Crippen LogP contribution in [0.15, 0.2) is 36.4 Å². The van der Waals surface area contributed by atoms with Gasteiger partial charge in [0.05, 0.1) is 11.6 Å². The normalized spacial score (nSPS) is 10.8. The second kappa shape index (κ2) is 6.07. The number of aryl methyl sites for hydroxylation is 1. The first-order valence-corrected chi connectivity index (χ1v) is 6.94. The van der Waals surface area contributed by atoms with Crippen LogP contribution >= 0.6 is 11.6 Å². The van der Waals surface area contributed by atoms with Gasteiger partial charge in [-0.15, -0.1) is 11.6 Å². The molecule has 0 saturated carbocycles. The van der Waals surface area contributed by atoms with Gasteiger partial charge in [-0.2, -0.15) is 0 Å². The molecule has 0 fully saturated rings. The number of rotatable bonds is 4. The fourth-order valence-corrected chi connectivity index (χ4v) is 1.94. The van der Waals surface area contributed by atoms with Gasteiger partial charge in [-0.1, -0.05) is 32.0 Å². The van der Waals surface area contributed by atoms with E-state index < -0.39 is 0 Å². The zero-order chi connectivity index (χ0) is 13.8. The maximum atomic E-state index is 5.87. The van der Waals surface area contributed by atoms with Crippen LogP contribution in [0, 0.1) is 6.92 Å². The van der Waals surface area contributed by atoms with Crippen molar-refractivity contribution >= 4 is 11.6 Å². The Bertz CT molecular complexity index is 566. The number of ether oxygens (including phenoxy) is 1. The molecule has 0 N–H and O–H groups in total. The summed E-state index contributed by atoms with van der Waals surface area (Å²) in [7, 11) is 0. The van der Waals surface area contributed by atoms with Crippen molar-refractivity contribution in [3.05, 3.63) is 53.2 Å². The molecule has 2 aromatic rings. The molecule has 0 atom stereocenters. The Labute approximate surface area is 119 Å². The van der Waals surface area contributed by atoms with Gasteiger partial charge in [0.2, 0.25) is 5.88 Å². The van der Waals surface area contributed by atoms with Crippen molar-refractivity contribution in [1.82, 2.24) is 4.98 Å². The van der Waals surface area contributed by atoms with Crippen LogP contribution < -0.4 is 4.74 Å². The van der Waals surface area contributed by atoms with Gasteiger partial charge in [0.25, 0.3) is 0 Å². The first-order chi connectivity index (χ1) is 9.10. The van der Waals surface area contributed by atoms with E-state index in [-0.39, 0.29) is 0 Å². The van der Waals surface area contributed by atoms with Crippen molar-refractivity contribution in [3.63, 3.8) is 0 Å². The van der Waals surface area contributed by atoms with Gasteiger partial charge in [0.1, 0.15) is 5.75 Å². The predicted molar refractivity (Wildman–Crippen MR) is 79.1 cm³/mol. The highest BCUT2D eigenvalue weighted by atomic mass is 35.5. The van der Waals surface area contributed by atoms with Crippen molar-refractivity contribution in [2.45, 2.75) is 32.6 Å². The van der Waals surface area contributed by atoms with Gasteiger partial charge < -0.3 is 4.74 Å². The minimum Gasteiger partial charge on any atom is -0.439 e. The van der Waals surface area contributed by atoms with Crippen LogP contribution in [0.25, 0.3) is 0 Å². The molecule has 1 heterocycles. The van der Waals surface area contributed by atoms with Crippen LogP contribution in [0.2, 0.25) is 0 Å². The molecule has 0 spiro atoms. The minimum atomic E-state index is 0.391. The number of benzene rings is 1. The van der Waals surface area contributed by atoms with Crippen LogP contribution in [-0.2, 0) is 5.88 Å². The number of hydrogen-bond acceptors (Lipinski definition) is 2. The number of halogens is 1. The Balaban J connectivity index is 2.29. The quantitative estimate of drug-likeness (QED) is 0.729. The molecule has 0 aliphatic rings. The molecule has 0 unspecified atom stereocenters. The highest BCUT2D eigenvalue weighted by Crippen LogP contribution is 2.28. The van der Waals surface area contributed by atoms with E-state index in [4.69, 9.17) is 16.3 Å². The van der Waals surface area contributed by atoms with Gasteiger partial charge >= 0.3 is 0 Å². The smallest absolute Gasteiger partial charge is 0.219 e. The van der Waals surface area contributed by atoms with E-state index in [1.807, 2.05) is 25.1 Å². The molecule has 0 aliphatic heterocycles. The maximum Gasteiger partial charge on any atom is 0.219 e. The van der Waals surface area contributed by atoms with Crippen LogP contribution in [-0.4, -0.2) is 4.98 Å². The summed E-state index contributed by atoms with van der Waals surface area (Å²) < 4.78 is 5.87. The second-order valence-corrected chi connectivity index (χ2v) is 5.15. The van der Waals surface area contributed by atoms with Crippen LogP contribution in [0.5, 0.6) is 11.6 Å². The van der Waals surface area contributed by atoms with Crippen molar-refractivity contribution in [2.75, 3.05) is 0 Å². The van der Waals surface area contributed by atoms with E-state index in [2.05, 4.69) is 37.0 Å². The summed E-state index contributed by atoms with van der Waals surface area (Å²) >= 11 is 5.78. The van der Waals surface area contributed by atoms with E-state index in [1.54, 1.807) is 0 Å². The molecular formula is C16H18ClNO. The fourth-order valence-electron chi connectivity index (χ4n) is 1.79. The molecule has 1 aromatic heterocycles. The Morgan fingerprint density at radius 1 is 1.21 bits per heavy atom. The Morgan fingerprint density at radius 2 is 2.00 bits per heavy atom. The third-order valence-corrected chi connectivity index (χ3v) is 3.29. The summed E-state index contributed by atoms with van der Waals surface area (Å²) in [5, 5.41) is 0. The second-order valence-electron chi connectivity index (χ2n) is 4.88. The molecule has 0 aliphatic carbocycles. The Hall–Kier alpha value is -1.54. The van der Waals surface area contributed by atoms with E-state index in [9.17, 15) is 0 Å². The topological polar surface area (TPSA) is 22.1 Å². The first kappa shape index (κ1) is 13.9. The van der Waals surface area contributed by atoms with Gasteiger partial charge in [0, 0.05) is 6.07 Å². The average Bonchev–Trinajstić information content (AvgIpc) is 2.41. The Kier molecular flexibility index (Phi) is 4.43. The summed E-state index contributed by atoms with van der Waals surface area (Å²) in [6.07, 6.45) is 0. The van der Waals surface area contributed by atoms with Crippen molar-refractivity contribution in [1.29, 1.82) is 0 Å². The molecular weight excluding hydrogens is 258 g/mol. The van der Waals surface area contributed by atoms with Crippen molar-refractivity contribution in [2.24, 2.45) is 0 Å². The number of hydrogen-bond donors (Lipinski definition) is 0. The molecule has 0 radical (unpaired) electrons. The number of aromatic nitrogens is 1. The lowest BCUT2D eigenvalue weighted by molar-refractivity contribution is 0.457. The highest BCUT2D eigenvalue weighted by molar-refractivity contribution is 6.16. The van der Waals surface area contributed by atoms with Gasteiger partial charge in [-0.05, 0) is 36.1 Å². The number of pyridine rings is 1. The molecule has 1 aromatic carbocycles. The van der Waals surface area contributed by atoms with Gasteiger partial charge in [-0.25, -0.2) is 4.98 Å². The lowest BCUT2D eigenvalue weighted by Gasteiger charge is -2.12. The maximum absolute atomic E-state index is 5.87. The lowest BCUT2D eigenvalue weighted by atomic mass is 10.0. The third-order valence-electron chi connectivity index (χ3n) is 3.01. The van der Waals surface area contributed by atoms with E-state index in [1.165, 1.54) is 5.56 Å². The average molecular weight is 276 g/mol. The molecule has 100 valence electrons. The number of alkyl halides is 1. The molecule has 0 saturated heterocycles. The van der Waals surface area contributed by atoms with Crippen LogP contribution in [0.3, 0.4) is 0 Å². The summed E-state index contributed by atoms with van der Waals surface area (Å²) in [6, 6.07) is 11.9. The standard InChI is InChI=1S/C16H18ClNO/c1-11(2)13-8-7-12(3)15(9-13)19-16-6-4-5-14(10-17)18-16/h4-9,11H,10H2,1-3H3. The molecule has 3 heteroatoms. The van der Waals surface area contributed by atoms with Crippen LogP contribution in [0.4, 0.5) is 0 Å². The minimum absolute atomic E-state index is 0.391. The molecule has 0 bridgehead atoms. The summed E-state index contributed by atoms with van der Waals surface area (Å²) in [5.74, 6) is 2.31. The van der Waals surface area contributed by atoms with E-state index >= 15 is 0 Å². The molecule has 0 amide bonds. The molecule has 2 rings (SSSR count). The lowest BCUT2D eigenvalue weighted by Crippen LogP contribution is -1.95. The van der Waals surface area contributed by atoms with E-state index in [0.29, 0.717) is 17.7 Å². The predicted octanol–water partition coefficient (Wildman–Crippen LogP) is 5.04. The SMILES string of the molecule is Cc1ccc(C(C)C)cc1Oc1cccc(CCl)n1. The molecule has 2 nitrogen and oxygen atoms in total. The zero-order valence-corrected chi connectivity index (χ0v) is 12.2. The molecule has 19 heavy (non-hydrogen) atoms. The summed E-state index contributed by atoms with van der Waals surface area (Å²) in [4.78, 5) is 4.35. The van der Waals surface area contributed by atoms with Gasteiger partial charge in [0.15, 0.2) is 0 Å². The van der Waals surface area contributed by atoms with Crippen LogP contribution in [0.1, 0.15) is 36.6 Å². The van der Waals surface area contributed by atoms with Crippen molar-refractivity contribution in [3.8, 4) is 11.6 Å². The third kappa shape index (κ3) is 3.48. The number of nitrogens with zero attached hydrogens (tertiary/aromatic N) is 1. The fraction of sp³-hybridized carbons (Fsp3) is 0.312. The van der Waals surface area contributed by atoms with Gasteiger partial charge in [-0.3, -0.25) is 0 Å². The first-order valence-electron chi connectivity index (χ1n) is 6.40. The zero-order valence-electron chi connectivity index (χ0n) is 11.5. The summed E-state index contributed by atoms with van der Waals surface area (Å²) in [5.41, 5.74) is 3.17. The monoisotopic (exact) mass is 275 g/mol. The highest BCUT2D eigenvalue weighted by Gasteiger charge is 2.07. The Morgan fingerprint density at radius 3 is 2.68 bits per heavy atom. The largest absolute Gasteiger partial charge is 0.439 e. The van der Waals surface area contributed by atoms with Crippen molar-refractivity contribution < 1.29 is 4.74 Å².